The van der Waals surface area contributed by atoms with Crippen LogP contribution in [-0.2, 0) is 6.42 Å². The predicted molar refractivity (Wildman–Crippen MR) is 112 cm³/mol. The first kappa shape index (κ1) is 18.0. The van der Waals surface area contributed by atoms with E-state index in [1.807, 2.05) is 61.5 Å². The van der Waals surface area contributed by atoms with E-state index in [-0.39, 0.29) is 0 Å². The van der Waals surface area contributed by atoms with E-state index in [0.29, 0.717) is 23.6 Å². The molecule has 0 saturated heterocycles. The van der Waals surface area contributed by atoms with Crippen LogP contribution in [0.3, 0.4) is 0 Å². The minimum absolute atomic E-state index is 0.411. The Bertz CT molecular complexity index is 1180. The third-order valence-electron chi connectivity index (χ3n) is 4.58. The normalized spacial score (nSPS) is 10.8. The van der Waals surface area contributed by atoms with Gasteiger partial charge >= 0.3 is 0 Å². The number of aromatic nitrogens is 3. The maximum atomic E-state index is 9.17. The van der Waals surface area contributed by atoms with Gasteiger partial charge < -0.3 is 0 Å². The summed E-state index contributed by atoms with van der Waals surface area (Å²) < 4.78 is 1.78. The molecule has 0 fully saturated rings. The first-order valence-corrected chi connectivity index (χ1v) is 9.40. The summed E-state index contributed by atoms with van der Waals surface area (Å²) in [7, 11) is 0. The number of azide groups is 1. The van der Waals surface area contributed by atoms with Gasteiger partial charge in [-0.3, -0.25) is 0 Å². The molecule has 2 aromatic carbocycles. The molecule has 0 saturated carbocycles. The van der Waals surface area contributed by atoms with Gasteiger partial charge in [0.2, 0.25) is 0 Å². The van der Waals surface area contributed by atoms with E-state index < -0.39 is 0 Å². The standard InChI is InChI=1S/C21H17ClN6/c1-14-7-9-15(10-8-14)20-18-19(25-27-23)16(11-12-22)13-24-21(18)28(26-20)17-5-3-2-4-6-17/h2-10,13H,11-12H2,1H3. The first-order valence-electron chi connectivity index (χ1n) is 8.87. The lowest BCUT2D eigenvalue weighted by atomic mass is 10.0. The van der Waals surface area contributed by atoms with Crippen LogP contribution in [0.15, 0.2) is 65.9 Å². The average Bonchev–Trinajstić information content (AvgIpc) is 3.11. The number of fused-ring (bicyclic) bond motifs is 1. The van der Waals surface area contributed by atoms with Crippen molar-refractivity contribution in [3.05, 3.63) is 82.4 Å². The number of halogens is 1. The summed E-state index contributed by atoms with van der Waals surface area (Å²) >= 11 is 5.95. The summed E-state index contributed by atoms with van der Waals surface area (Å²) in [4.78, 5) is 7.69. The Morgan fingerprint density at radius 1 is 1.11 bits per heavy atom. The maximum absolute atomic E-state index is 9.17. The Hall–Kier alpha value is -3.34. The second-order valence-electron chi connectivity index (χ2n) is 6.42. The summed E-state index contributed by atoms with van der Waals surface area (Å²) in [5.74, 6) is 0.411. The van der Waals surface area contributed by atoms with Crippen molar-refractivity contribution in [3.63, 3.8) is 0 Å². The number of hydrogen-bond acceptors (Lipinski definition) is 3. The van der Waals surface area contributed by atoms with Crippen molar-refractivity contribution in [2.24, 2.45) is 5.11 Å². The molecule has 0 aliphatic carbocycles. The van der Waals surface area contributed by atoms with E-state index in [4.69, 9.17) is 16.7 Å². The van der Waals surface area contributed by atoms with E-state index in [9.17, 15) is 5.53 Å². The van der Waals surface area contributed by atoms with Crippen molar-refractivity contribution < 1.29 is 0 Å². The van der Waals surface area contributed by atoms with E-state index in [2.05, 4.69) is 15.0 Å². The van der Waals surface area contributed by atoms with Gasteiger partial charge in [-0.2, -0.15) is 5.10 Å². The molecule has 2 heterocycles. The molecule has 4 aromatic rings. The lowest BCUT2D eigenvalue weighted by Crippen LogP contribution is -1.98. The summed E-state index contributed by atoms with van der Waals surface area (Å²) in [6, 6.07) is 17.9. The minimum atomic E-state index is 0.411. The molecule has 0 bridgehead atoms. The van der Waals surface area contributed by atoms with Crippen LogP contribution in [-0.4, -0.2) is 20.6 Å². The summed E-state index contributed by atoms with van der Waals surface area (Å²) in [6.45, 7) is 2.04. The van der Waals surface area contributed by atoms with Crippen molar-refractivity contribution in [3.8, 4) is 16.9 Å². The molecule has 0 amide bonds. The number of benzene rings is 2. The highest BCUT2D eigenvalue weighted by Gasteiger charge is 2.20. The monoisotopic (exact) mass is 388 g/mol. The molecular weight excluding hydrogens is 372 g/mol. The number of hydrogen-bond donors (Lipinski definition) is 0. The van der Waals surface area contributed by atoms with Crippen LogP contribution in [0.5, 0.6) is 0 Å². The van der Waals surface area contributed by atoms with Crippen LogP contribution < -0.4 is 0 Å². The molecule has 138 valence electrons. The fourth-order valence-corrected chi connectivity index (χ4v) is 3.42. The number of rotatable bonds is 5. The summed E-state index contributed by atoms with van der Waals surface area (Å²) in [5.41, 5.74) is 14.9. The average molecular weight is 389 g/mol. The lowest BCUT2D eigenvalue weighted by Gasteiger charge is -2.07. The van der Waals surface area contributed by atoms with Crippen LogP contribution in [0.1, 0.15) is 11.1 Å². The highest BCUT2D eigenvalue weighted by Crippen LogP contribution is 2.38. The topological polar surface area (TPSA) is 79.5 Å². The predicted octanol–water partition coefficient (Wildman–Crippen LogP) is 6.12. The Balaban J connectivity index is 2.09. The molecule has 0 atom stereocenters. The van der Waals surface area contributed by atoms with Crippen LogP contribution in [0, 0.1) is 6.92 Å². The molecule has 0 N–H and O–H groups in total. The highest BCUT2D eigenvalue weighted by molar-refractivity contribution is 6.18. The zero-order chi connectivity index (χ0) is 19.5. The number of alkyl halides is 1. The van der Waals surface area contributed by atoms with Crippen LogP contribution in [0.2, 0.25) is 0 Å². The van der Waals surface area contributed by atoms with Gasteiger partial charge in [-0.05, 0) is 36.6 Å². The number of pyridine rings is 1. The van der Waals surface area contributed by atoms with Gasteiger partial charge in [-0.25, -0.2) is 9.67 Å². The lowest BCUT2D eigenvalue weighted by molar-refractivity contribution is 0.900. The summed E-state index contributed by atoms with van der Waals surface area (Å²) in [6.07, 6.45) is 2.28. The molecule has 0 unspecified atom stereocenters. The van der Waals surface area contributed by atoms with E-state index in [0.717, 1.165) is 33.5 Å². The van der Waals surface area contributed by atoms with E-state index in [1.165, 1.54) is 0 Å². The van der Waals surface area contributed by atoms with Gasteiger partial charge in [-0.15, -0.1) is 11.6 Å². The molecule has 28 heavy (non-hydrogen) atoms. The first-order chi connectivity index (χ1) is 13.7. The Labute approximate surface area is 167 Å². The van der Waals surface area contributed by atoms with Gasteiger partial charge in [0.05, 0.1) is 16.8 Å². The van der Waals surface area contributed by atoms with Gasteiger partial charge in [0.1, 0.15) is 5.69 Å². The number of aryl methyl sites for hydroxylation is 2. The van der Waals surface area contributed by atoms with Crippen molar-refractivity contribution >= 4 is 28.3 Å². The molecule has 0 aliphatic rings. The van der Waals surface area contributed by atoms with E-state index >= 15 is 0 Å². The van der Waals surface area contributed by atoms with Crippen LogP contribution in [0.25, 0.3) is 38.4 Å². The Morgan fingerprint density at radius 2 is 1.86 bits per heavy atom. The van der Waals surface area contributed by atoms with Crippen molar-refractivity contribution in [1.82, 2.24) is 14.8 Å². The fraction of sp³-hybridized carbons (Fsp3) is 0.143. The van der Waals surface area contributed by atoms with Gasteiger partial charge in [0.25, 0.3) is 0 Å². The fourth-order valence-electron chi connectivity index (χ4n) is 3.21. The largest absolute Gasteiger partial charge is 0.236 e. The van der Waals surface area contributed by atoms with Gasteiger partial charge in [-0.1, -0.05) is 53.1 Å². The number of para-hydroxylation sites is 1. The zero-order valence-electron chi connectivity index (χ0n) is 15.2. The molecule has 0 radical (unpaired) electrons. The number of nitrogens with zero attached hydrogens (tertiary/aromatic N) is 6. The molecule has 4 rings (SSSR count). The quantitative estimate of drug-likeness (QED) is 0.178. The van der Waals surface area contributed by atoms with Crippen molar-refractivity contribution in [2.45, 2.75) is 13.3 Å². The summed E-state index contributed by atoms with van der Waals surface area (Å²) in [5, 5.41) is 9.56. The third kappa shape index (κ3) is 3.20. The molecule has 2 aromatic heterocycles. The molecule has 0 aliphatic heterocycles. The molecule has 6 nitrogen and oxygen atoms in total. The SMILES string of the molecule is Cc1ccc(-c2nn(-c3ccccc3)c3ncc(CCCl)c(N=[N+]=[N-])c23)cc1. The smallest absolute Gasteiger partial charge is 0.164 e. The second-order valence-corrected chi connectivity index (χ2v) is 6.80. The minimum Gasteiger partial charge on any atom is -0.236 e. The van der Waals surface area contributed by atoms with E-state index in [1.54, 1.807) is 10.9 Å². The molecule has 7 heteroatoms. The molecular formula is C21H17ClN6. The Kier molecular flexibility index (Phi) is 4.98. The second kappa shape index (κ2) is 7.72. The van der Waals surface area contributed by atoms with Crippen LogP contribution >= 0.6 is 11.6 Å². The van der Waals surface area contributed by atoms with Crippen molar-refractivity contribution in [1.29, 1.82) is 0 Å². The Morgan fingerprint density at radius 3 is 2.54 bits per heavy atom. The van der Waals surface area contributed by atoms with Gasteiger partial charge in [0.15, 0.2) is 5.65 Å². The molecule has 0 spiro atoms. The van der Waals surface area contributed by atoms with Gasteiger partial charge in [0, 0.05) is 22.6 Å². The maximum Gasteiger partial charge on any atom is 0.164 e. The van der Waals surface area contributed by atoms with Crippen LogP contribution in [0.4, 0.5) is 5.69 Å². The highest BCUT2D eigenvalue weighted by atomic mass is 35.5. The zero-order valence-corrected chi connectivity index (χ0v) is 16.0. The third-order valence-corrected chi connectivity index (χ3v) is 4.77. The van der Waals surface area contributed by atoms with Crippen molar-refractivity contribution in [2.75, 3.05) is 5.88 Å².